The highest BCUT2D eigenvalue weighted by molar-refractivity contribution is 7.89. The molecule has 1 amide bonds. The fraction of sp³-hybridized carbons (Fsp3) is 0.292. The minimum Gasteiger partial charge on any atom is -0.341 e. The second-order valence-electron chi connectivity index (χ2n) is 8.08. The van der Waals surface area contributed by atoms with Gasteiger partial charge < -0.3 is 4.90 Å². The zero-order valence-electron chi connectivity index (χ0n) is 17.7. The standard InChI is InChI=1S/C24H24ClFN2O3S/c1-27(16-21-22(25)7-4-8-23(21)26)24(29)18-11-13-28(14-12-18)32(30,31)20-10-9-17-5-2-3-6-19(17)15-20/h2-10,15,18H,11-14,16H2,1H3. The minimum absolute atomic E-state index is 0.0694. The van der Waals surface area contributed by atoms with Crippen molar-refractivity contribution in [2.24, 2.45) is 5.92 Å². The Labute approximate surface area is 192 Å². The summed E-state index contributed by atoms with van der Waals surface area (Å²) in [4.78, 5) is 14.6. The molecule has 5 nitrogen and oxygen atoms in total. The SMILES string of the molecule is CN(Cc1c(F)cccc1Cl)C(=O)C1CCN(S(=O)(=O)c2ccc3ccccc3c2)CC1. The van der Waals surface area contributed by atoms with Crippen molar-refractivity contribution in [1.82, 2.24) is 9.21 Å². The molecule has 0 aliphatic carbocycles. The molecule has 0 unspecified atom stereocenters. The van der Waals surface area contributed by atoms with Crippen molar-refractivity contribution in [2.45, 2.75) is 24.3 Å². The zero-order chi connectivity index (χ0) is 22.9. The molecule has 1 fully saturated rings. The molecule has 0 bridgehead atoms. The quantitative estimate of drug-likeness (QED) is 0.539. The Morgan fingerprint density at radius 3 is 2.44 bits per heavy atom. The number of sulfonamides is 1. The third-order valence-corrected chi connectivity index (χ3v) is 8.24. The monoisotopic (exact) mass is 474 g/mol. The molecular weight excluding hydrogens is 451 g/mol. The average molecular weight is 475 g/mol. The van der Waals surface area contributed by atoms with E-state index in [1.54, 1.807) is 31.3 Å². The number of carbonyl (C=O) groups is 1. The van der Waals surface area contributed by atoms with Crippen molar-refractivity contribution in [1.29, 1.82) is 0 Å². The molecule has 1 aliphatic rings. The van der Waals surface area contributed by atoms with Gasteiger partial charge in [0.25, 0.3) is 0 Å². The van der Waals surface area contributed by atoms with Crippen molar-refractivity contribution < 1.29 is 17.6 Å². The van der Waals surface area contributed by atoms with Crippen LogP contribution in [0.15, 0.2) is 65.6 Å². The van der Waals surface area contributed by atoms with E-state index in [2.05, 4.69) is 0 Å². The normalized spacial score (nSPS) is 15.7. The summed E-state index contributed by atoms with van der Waals surface area (Å²) in [5.74, 6) is -0.894. The van der Waals surface area contributed by atoms with Gasteiger partial charge in [-0.2, -0.15) is 4.31 Å². The summed E-state index contributed by atoms with van der Waals surface area (Å²) in [5, 5.41) is 2.13. The van der Waals surface area contributed by atoms with E-state index in [0.29, 0.717) is 12.8 Å². The summed E-state index contributed by atoms with van der Waals surface area (Å²) in [6.45, 7) is 0.597. The lowest BCUT2D eigenvalue weighted by Crippen LogP contribution is -2.43. The van der Waals surface area contributed by atoms with E-state index in [9.17, 15) is 17.6 Å². The Bertz CT molecular complexity index is 1240. The van der Waals surface area contributed by atoms with Crippen LogP contribution >= 0.6 is 11.6 Å². The van der Waals surface area contributed by atoms with Gasteiger partial charge in [-0.05, 0) is 47.9 Å². The van der Waals surface area contributed by atoms with Crippen molar-refractivity contribution in [2.75, 3.05) is 20.1 Å². The summed E-state index contributed by atoms with van der Waals surface area (Å²) in [6, 6.07) is 17.2. The van der Waals surface area contributed by atoms with Crippen LogP contribution in [-0.4, -0.2) is 43.7 Å². The van der Waals surface area contributed by atoms with Crippen LogP contribution in [0, 0.1) is 11.7 Å². The van der Waals surface area contributed by atoms with E-state index >= 15 is 0 Å². The van der Waals surface area contributed by atoms with Gasteiger partial charge in [-0.3, -0.25) is 4.79 Å². The summed E-state index contributed by atoms with van der Waals surface area (Å²) in [7, 11) is -2.03. The van der Waals surface area contributed by atoms with Crippen molar-refractivity contribution in [3.05, 3.63) is 77.1 Å². The highest BCUT2D eigenvalue weighted by atomic mass is 35.5. The number of hydrogen-bond acceptors (Lipinski definition) is 3. The van der Waals surface area contributed by atoms with Crippen LogP contribution in [0.1, 0.15) is 18.4 Å². The summed E-state index contributed by atoms with van der Waals surface area (Å²) < 4.78 is 41.8. The van der Waals surface area contributed by atoms with Crippen LogP contribution in [-0.2, 0) is 21.4 Å². The van der Waals surface area contributed by atoms with Crippen LogP contribution in [0.5, 0.6) is 0 Å². The van der Waals surface area contributed by atoms with E-state index < -0.39 is 15.8 Å². The van der Waals surface area contributed by atoms with Crippen LogP contribution < -0.4 is 0 Å². The first-order valence-electron chi connectivity index (χ1n) is 10.4. The molecule has 0 spiro atoms. The van der Waals surface area contributed by atoms with Gasteiger partial charge in [-0.1, -0.05) is 48.0 Å². The number of fused-ring (bicyclic) bond motifs is 1. The van der Waals surface area contributed by atoms with Crippen molar-refractivity contribution >= 4 is 38.3 Å². The van der Waals surface area contributed by atoms with E-state index in [-0.39, 0.29) is 46.9 Å². The number of rotatable bonds is 5. The third-order valence-electron chi connectivity index (χ3n) is 6.00. The van der Waals surface area contributed by atoms with Gasteiger partial charge in [0.2, 0.25) is 15.9 Å². The Morgan fingerprint density at radius 1 is 1.06 bits per heavy atom. The molecule has 3 aromatic carbocycles. The van der Waals surface area contributed by atoms with Gasteiger partial charge in [-0.25, -0.2) is 12.8 Å². The molecule has 1 aliphatic heterocycles. The van der Waals surface area contributed by atoms with Crippen LogP contribution in [0.4, 0.5) is 4.39 Å². The highest BCUT2D eigenvalue weighted by Gasteiger charge is 2.33. The lowest BCUT2D eigenvalue weighted by atomic mass is 9.96. The minimum atomic E-state index is -3.64. The first-order chi connectivity index (χ1) is 15.3. The number of piperidine rings is 1. The Morgan fingerprint density at radius 2 is 1.75 bits per heavy atom. The average Bonchev–Trinajstić information content (AvgIpc) is 2.80. The number of benzene rings is 3. The molecule has 32 heavy (non-hydrogen) atoms. The van der Waals surface area contributed by atoms with Gasteiger partial charge in [0.1, 0.15) is 5.82 Å². The Balaban J connectivity index is 1.42. The molecular formula is C24H24ClFN2O3S. The molecule has 8 heteroatoms. The van der Waals surface area contributed by atoms with Gasteiger partial charge in [0.05, 0.1) is 4.90 Å². The van der Waals surface area contributed by atoms with Crippen LogP contribution in [0.2, 0.25) is 5.02 Å². The first kappa shape index (κ1) is 22.7. The maximum atomic E-state index is 14.1. The van der Waals surface area contributed by atoms with Crippen molar-refractivity contribution in [3.63, 3.8) is 0 Å². The predicted molar refractivity (Wildman–Crippen MR) is 123 cm³/mol. The molecule has 1 heterocycles. The van der Waals surface area contributed by atoms with E-state index in [4.69, 9.17) is 11.6 Å². The fourth-order valence-corrected chi connectivity index (χ4v) is 5.86. The van der Waals surface area contributed by atoms with Gasteiger partial charge in [0, 0.05) is 43.2 Å². The molecule has 0 aromatic heterocycles. The second-order valence-corrected chi connectivity index (χ2v) is 10.4. The van der Waals surface area contributed by atoms with Gasteiger partial charge >= 0.3 is 0 Å². The Kier molecular flexibility index (Phi) is 6.51. The number of nitrogens with zero attached hydrogens (tertiary/aromatic N) is 2. The van der Waals surface area contributed by atoms with Crippen LogP contribution in [0.25, 0.3) is 10.8 Å². The Hall–Kier alpha value is -2.48. The molecule has 168 valence electrons. The second kappa shape index (κ2) is 9.17. The summed E-state index contributed by atoms with van der Waals surface area (Å²) in [6.07, 6.45) is 0.835. The highest BCUT2D eigenvalue weighted by Crippen LogP contribution is 2.28. The van der Waals surface area contributed by atoms with Crippen molar-refractivity contribution in [3.8, 4) is 0 Å². The smallest absolute Gasteiger partial charge is 0.243 e. The maximum absolute atomic E-state index is 14.1. The number of hydrogen-bond donors (Lipinski definition) is 0. The summed E-state index contributed by atoms with van der Waals surface area (Å²) in [5.41, 5.74) is 0.279. The molecule has 0 radical (unpaired) electrons. The number of amides is 1. The maximum Gasteiger partial charge on any atom is 0.243 e. The zero-order valence-corrected chi connectivity index (χ0v) is 19.2. The largest absolute Gasteiger partial charge is 0.341 e. The fourth-order valence-electron chi connectivity index (χ4n) is 4.13. The molecule has 1 saturated heterocycles. The number of halogens is 2. The third kappa shape index (κ3) is 4.51. The molecule has 0 saturated carbocycles. The van der Waals surface area contributed by atoms with Crippen LogP contribution in [0.3, 0.4) is 0 Å². The first-order valence-corrected chi connectivity index (χ1v) is 12.3. The van der Waals surface area contributed by atoms with Gasteiger partial charge in [-0.15, -0.1) is 0 Å². The molecule has 4 rings (SSSR count). The topological polar surface area (TPSA) is 57.7 Å². The van der Waals surface area contributed by atoms with E-state index in [1.165, 1.54) is 21.3 Å². The predicted octanol–water partition coefficient (Wildman–Crippen LogP) is 4.69. The molecule has 0 N–H and O–H groups in total. The lowest BCUT2D eigenvalue weighted by Gasteiger charge is -2.32. The lowest BCUT2D eigenvalue weighted by molar-refractivity contribution is -0.135. The summed E-state index contributed by atoms with van der Waals surface area (Å²) >= 11 is 6.08. The molecule has 3 aromatic rings. The van der Waals surface area contributed by atoms with Gasteiger partial charge in [0.15, 0.2) is 0 Å². The van der Waals surface area contributed by atoms with E-state index in [0.717, 1.165) is 10.8 Å². The number of carbonyl (C=O) groups excluding carboxylic acids is 1. The van der Waals surface area contributed by atoms with E-state index in [1.807, 2.05) is 24.3 Å². The molecule has 0 atom stereocenters.